The Morgan fingerprint density at radius 3 is 1.62 bits per heavy atom. The summed E-state index contributed by atoms with van der Waals surface area (Å²) in [5, 5.41) is 2.54. The molecule has 0 radical (unpaired) electrons. The van der Waals surface area contributed by atoms with Crippen molar-refractivity contribution in [1.82, 2.24) is 4.57 Å². The number of hydrogen-bond donors (Lipinski definition) is 0. The van der Waals surface area contributed by atoms with Crippen LogP contribution in [0.2, 0.25) is 0 Å². The second-order valence-corrected chi connectivity index (χ2v) is 18.8. The minimum absolute atomic E-state index is 0.154. The topological polar surface area (TPSA) is 8.17 Å². The molecule has 0 N–H and O–H groups in total. The smallest absolute Gasteiger partial charge is 0.0754 e. The number of fused-ring (bicyclic) bond motifs is 15. The summed E-state index contributed by atoms with van der Waals surface area (Å²) >= 11 is 0. The standard InChI is InChI=1S/C64H44N2/c1-63(2)53-27-11-6-20-45(53)48-39-38-44(40-58(48)63)65(43-36-34-42(35-37-43)41-18-4-3-5-19-41)59-32-14-9-23-49(59)51-25-16-30-56-61(51)66-60-33-15-10-24-50(60)52-26-17-31-57(62(52)66)64(56)54-28-12-7-21-46(54)47-22-8-13-29-55(47)64/h3-40H,1-2H3. The number of anilines is 3. The van der Waals surface area contributed by atoms with Crippen LogP contribution in [0, 0.1) is 0 Å². The van der Waals surface area contributed by atoms with Crippen molar-refractivity contribution in [2.24, 2.45) is 0 Å². The average Bonchev–Trinajstić information content (AvgIpc) is 3.95. The molecule has 2 heteroatoms. The first-order valence-electron chi connectivity index (χ1n) is 23.2. The van der Waals surface area contributed by atoms with Crippen molar-refractivity contribution in [2.45, 2.75) is 24.7 Å². The van der Waals surface area contributed by atoms with Crippen LogP contribution in [0.5, 0.6) is 0 Å². The molecule has 0 bridgehead atoms. The van der Waals surface area contributed by atoms with Crippen LogP contribution in [0.4, 0.5) is 17.1 Å². The van der Waals surface area contributed by atoms with Crippen molar-refractivity contribution in [1.29, 1.82) is 0 Å². The molecule has 1 aliphatic heterocycles. The van der Waals surface area contributed by atoms with Gasteiger partial charge >= 0.3 is 0 Å². The number of aromatic nitrogens is 1. The van der Waals surface area contributed by atoms with Gasteiger partial charge in [0.2, 0.25) is 0 Å². The number of benzene rings is 10. The van der Waals surface area contributed by atoms with Gasteiger partial charge in [-0.1, -0.05) is 208 Å². The highest BCUT2D eigenvalue weighted by Crippen LogP contribution is 2.62. The van der Waals surface area contributed by atoms with Gasteiger partial charge in [-0.3, -0.25) is 0 Å². The SMILES string of the molecule is CC1(C)c2ccccc2-c2ccc(N(c3ccc(-c4ccccc4)cc3)c3ccccc3-c3cccc4c3-n3c5ccccc5c5cccc(c53)C43c4ccccc4-c4ccccc43)cc21. The Morgan fingerprint density at radius 2 is 0.864 bits per heavy atom. The molecule has 2 nitrogen and oxygen atoms in total. The average molecular weight is 841 g/mol. The first-order valence-corrected chi connectivity index (χ1v) is 23.2. The van der Waals surface area contributed by atoms with Crippen LogP contribution in [-0.2, 0) is 10.8 Å². The Bertz CT molecular complexity index is 3750. The van der Waals surface area contributed by atoms with E-state index in [0.29, 0.717) is 0 Å². The molecule has 1 spiro atoms. The zero-order chi connectivity index (χ0) is 43.7. The summed E-state index contributed by atoms with van der Waals surface area (Å²) < 4.78 is 2.60. The second kappa shape index (κ2) is 13.7. The summed E-state index contributed by atoms with van der Waals surface area (Å²) in [6.45, 7) is 4.75. The predicted molar refractivity (Wildman–Crippen MR) is 275 cm³/mol. The molecule has 14 rings (SSSR count). The normalized spacial score (nSPS) is 14.2. The van der Waals surface area contributed by atoms with E-state index in [2.05, 4.69) is 254 Å². The molecule has 0 fully saturated rings. The molecule has 0 unspecified atom stereocenters. The van der Waals surface area contributed by atoms with Crippen LogP contribution in [0.3, 0.4) is 0 Å². The third kappa shape index (κ3) is 4.85. The van der Waals surface area contributed by atoms with Gasteiger partial charge in [0.05, 0.1) is 27.8 Å². The van der Waals surface area contributed by atoms with Crippen molar-refractivity contribution >= 4 is 38.9 Å². The number of para-hydroxylation sites is 4. The van der Waals surface area contributed by atoms with Crippen molar-refractivity contribution in [3.63, 3.8) is 0 Å². The summed E-state index contributed by atoms with van der Waals surface area (Å²) in [4.78, 5) is 2.50. The fraction of sp³-hybridized carbons (Fsp3) is 0.0625. The molecule has 1 aromatic heterocycles. The predicted octanol–water partition coefficient (Wildman–Crippen LogP) is 16.6. The second-order valence-electron chi connectivity index (χ2n) is 18.8. The molecule has 3 aliphatic rings. The number of rotatable bonds is 5. The van der Waals surface area contributed by atoms with Crippen LogP contribution in [-0.4, -0.2) is 4.57 Å². The quantitative estimate of drug-likeness (QED) is 0.168. The highest BCUT2D eigenvalue weighted by atomic mass is 15.1. The Morgan fingerprint density at radius 1 is 0.348 bits per heavy atom. The molecule has 310 valence electrons. The van der Waals surface area contributed by atoms with Gasteiger partial charge in [-0.2, -0.15) is 0 Å². The molecule has 2 aliphatic carbocycles. The van der Waals surface area contributed by atoms with E-state index in [4.69, 9.17) is 0 Å². The molecule has 0 amide bonds. The molecule has 0 saturated carbocycles. The monoisotopic (exact) mass is 840 g/mol. The van der Waals surface area contributed by atoms with Gasteiger partial charge in [-0.15, -0.1) is 0 Å². The Balaban J connectivity index is 1.07. The minimum Gasteiger partial charge on any atom is -0.310 e. The zero-order valence-corrected chi connectivity index (χ0v) is 36.8. The van der Waals surface area contributed by atoms with Gasteiger partial charge in [-0.05, 0) is 103 Å². The van der Waals surface area contributed by atoms with E-state index in [0.717, 1.165) is 17.1 Å². The lowest BCUT2D eigenvalue weighted by molar-refractivity contribution is 0.660. The van der Waals surface area contributed by atoms with Gasteiger partial charge in [0, 0.05) is 38.7 Å². The lowest BCUT2D eigenvalue weighted by atomic mass is 9.65. The molecule has 10 aromatic carbocycles. The first kappa shape index (κ1) is 37.2. The van der Waals surface area contributed by atoms with E-state index in [1.807, 2.05) is 0 Å². The number of nitrogens with zero attached hydrogens (tertiary/aromatic N) is 2. The maximum absolute atomic E-state index is 2.60. The van der Waals surface area contributed by atoms with Crippen molar-refractivity contribution in [2.75, 3.05) is 4.90 Å². The molecular weight excluding hydrogens is 797 g/mol. The molecule has 0 saturated heterocycles. The third-order valence-corrected chi connectivity index (χ3v) is 15.2. The maximum Gasteiger partial charge on any atom is 0.0754 e. The lowest BCUT2D eigenvalue weighted by Gasteiger charge is -2.40. The van der Waals surface area contributed by atoms with Gasteiger partial charge in [0.15, 0.2) is 0 Å². The van der Waals surface area contributed by atoms with Gasteiger partial charge < -0.3 is 9.47 Å². The van der Waals surface area contributed by atoms with E-state index >= 15 is 0 Å². The van der Waals surface area contributed by atoms with Gasteiger partial charge in [-0.25, -0.2) is 0 Å². The van der Waals surface area contributed by atoms with Crippen molar-refractivity contribution in [3.05, 3.63) is 264 Å². The highest BCUT2D eigenvalue weighted by molar-refractivity contribution is 6.14. The van der Waals surface area contributed by atoms with E-state index in [-0.39, 0.29) is 5.41 Å². The van der Waals surface area contributed by atoms with E-state index in [1.165, 1.54) is 105 Å². The van der Waals surface area contributed by atoms with Crippen LogP contribution in [0.25, 0.3) is 72.0 Å². The van der Waals surface area contributed by atoms with Crippen molar-refractivity contribution in [3.8, 4) is 50.2 Å². The van der Waals surface area contributed by atoms with E-state index in [9.17, 15) is 0 Å². The summed E-state index contributed by atoms with van der Waals surface area (Å²) in [5.74, 6) is 0. The molecule has 0 atom stereocenters. The van der Waals surface area contributed by atoms with Crippen LogP contribution < -0.4 is 4.90 Å². The van der Waals surface area contributed by atoms with Crippen LogP contribution in [0.1, 0.15) is 47.2 Å². The fourth-order valence-electron chi connectivity index (χ4n) is 12.4. The van der Waals surface area contributed by atoms with Gasteiger partial charge in [0.25, 0.3) is 0 Å². The molecule has 2 heterocycles. The molecule has 11 aromatic rings. The summed E-state index contributed by atoms with van der Waals surface area (Å²) in [7, 11) is 0. The first-order chi connectivity index (χ1) is 32.5. The zero-order valence-electron chi connectivity index (χ0n) is 36.8. The lowest BCUT2D eigenvalue weighted by Crippen LogP contribution is -2.33. The Hall–Kier alpha value is -8.20. The maximum atomic E-state index is 2.60. The van der Waals surface area contributed by atoms with E-state index < -0.39 is 5.41 Å². The summed E-state index contributed by atoms with van der Waals surface area (Å²) in [5.41, 5.74) is 24.4. The summed E-state index contributed by atoms with van der Waals surface area (Å²) in [6.07, 6.45) is 0. The van der Waals surface area contributed by atoms with Crippen LogP contribution >= 0.6 is 0 Å². The molecular formula is C64H44N2. The largest absolute Gasteiger partial charge is 0.310 e. The Labute approximate surface area is 385 Å². The minimum atomic E-state index is -0.537. The summed E-state index contributed by atoms with van der Waals surface area (Å²) in [6, 6.07) is 86.3. The van der Waals surface area contributed by atoms with Crippen molar-refractivity contribution < 1.29 is 0 Å². The van der Waals surface area contributed by atoms with E-state index in [1.54, 1.807) is 0 Å². The Kier molecular flexibility index (Phi) is 7.70. The fourth-order valence-corrected chi connectivity index (χ4v) is 12.4. The number of hydrogen-bond acceptors (Lipinski definition) is 1. The molecule has 66 heavy (non-hydrogen) atoms. The highest BCUT2D eigenvalue weighted by Gasteiger charge is 2.51. The third-order valence-electron chi connectivity index (χ3n) is 15.2. The van der Waals surface area contributed by atoms with Gasteiger partial charge in [0.1, 0.15) is 0 Å². The van der Waals surface area contributed by atoms with Crippen LogP contribution in [0.15, 0.2) is 231 Å².